The highest BCUT2D eigenvalue weighted by molar-refractivity contribution is 7.05. The summed E-state index contributed by atoms with van der Waals surface area (Å²) in [6.45, 7) is 4.96. The van der Waals surface area contributed by atoms with Gasteiger partial charge >= 0.3 is 0 Å². The molecule has 0 saturated carbocycles. The lowest BCUT2D eigenvalue weighted by Gasteiger charge is -2.23. The number of nitrogens with zero attached hydrogens (tertiary/aromatic N) is 3. The third-order valence-electron chi connectivity index (χ3n) is 10.9. The summed E-state index contributed by atoms with van der Waals surface area (Å²) in [5, 5.41) is 7.99. The summed E-state index contributed by atoms with van der Waals surface area (Å²) in [5.74, 6) is 2.04. The van der Waals surface area contributed by atoms with Crippen molar-refractivity contribution in [1.29, 1.82) is 0 Å². The van der Waals surface area contributed by atoms with E-state index in [1.807, 2.05) is 6.07 Å². The monoisotopic (exact) mass is 693 g/mol. The van der Waals surface area contributed by atoms with Crippen molar-refractivity contribution in [2.24, 2.45) is 0 Å². The fourth-order valence-corrected chi connectivity index (χ4v) is 12.1. The van der Waals surface area contributed by atoms with Crippen LogP contribution in [-0.2, 0) is 0 Å². The molecular weight excluding hydrogens is 659 g/mol. The zero-order valence-corrected chi connectivity index (χ0v) is 30.6. The highest BCUT2D eigenvalue weighted by Gasteiger charge is 2.41. The van der Waals surface area contributed by atoms with Crippen LogP contribution in [0.25, 0.3) is 89.1 Å². The molecule has 9 aromatic rings. The van der Waals surface area contributed by atoms with Crippen molar-refractivity contribution in [3.05, 3.63) is 176 Å². The molecule has 0 N–H and O–H groups in total. The molecule has 10 rings (SSSR count). The van der Waals surface area contributed by atoms with Crippen molar-refractivity contribution >= 4 is 40.0 Å². The van der Waals surface area contributed by atoms with Gasteiger partial charge in [-0.1, -0.05) is 177 Å². The first-order valence-corrected chi connectivity index (χ1v) is 21.2. The molecule has 0 bridgehead atoms. The highest BCUT2D eigenvalue weighted by atomic mass is 28.3. The van der Waals surface area contributed by atoms with Gasteiger partial charge in [0.1, 0.15) is 8.07 Å². The van der Waals surface area contributed by atoms with Gasteiger partial charge in [-0.15, -0.1) is 0 Å². The van der Waals surface area contributed by atoms with Crippen LogP contribution in [0.2, 0.25) is 13.1 Å². The third kappa shape index (κ3) is 5.30. The SMILES string of the molecule is C[Si]1(C)c2c(-c3nc(-c4ccc(-c5ccc6ccccc6c5)cc4)nc(-c4cccc(-c5ccccc5)c4)n3)cccc2-c2ccc3ccccc3c21. The zero-order valence-electron chi connectivity index (χ0n) is 29.6. The summed E-state index contributed by atoms with van der Waals surface area (Å²) in [7, 11) is -2.18. The van der Waals surface area contributed by atoms with E-state index >= 15 is 0 Å². The van der Waals surface area contributed by atoms with Gasteiger partial charge in [-0.25, -0.2) is 15.0 Å². The Kier molecular flexibility index (Phi) is 7.27. The quantitative estimate of drug-likeness (QED) is 0.168. The van der Waals surface area contributed by atoms with Gasteiger partial charge in [0.25, 0.3) is 0 Å². The normalized spacial score (nSPS) is 12.9. The molecule has 1 aromatic heterocycles. The van der Waals surface area contributed by atoms with Gasteiger partial charge in [-0.3, -0.25) is 0 Å². The summed E-state index contributed by atoms with van der Waals surface area (Å²) in [4.78, 5) is 15.8. The summed E-state index contributed by atoms with van der Waals surface area (Å²) >= 11 is 0. The van der Waals surface area contributed by atoms with Crippen molar-refractivity contribution in [2.45, 2.75) is 13.1 Å². The van der Waals surface area contributed by atoms with Gasteiger partial charge in [-0.05, 0) is 77.4 Å². The van der Waals surface area contributed by atoms with Gasteiger partial charge in [0.05, 0.1) is 0 Å². The summed E-state index contributed by atoms with van der Waals surface area (Å²) in [5.41, 5.74) is 10.3. The predicted octanol–water partition coefficient (Wildman–Crippen LogP) is 11.3. The van der Waals surface area contributed by atoms with E-state index < -0.39 is 8.07 Å². The first kappa shape index (κ1) is 31.3. The Bertz CT molecular complexity index is 2860. The molecule has 0 saturated heterocycles. The van der Waals surface area contributed by atoms with Crippen molar-refractivity contribution < 1.29 is 0 Å². The Labute approximate surface area is 310 Å². The maximum atomic E-state index is 5.30. The van der Waals surface area contributed by atoms with Crippen LogP contribution in [0.5, 0.6) is 0 Å². The van der Waals surface area contributed by atoms with E-state index in [0.717, 1.165) is 33.4 Å². The number of rotatable bonds is 5. The van der Waals surface area contributed by atoms with E-state index in [2.05, 4.69) is 183 Å². The van der Waals surface area contributed by atoms with E-state index in [1.54, 1.807) is 0 Å². The number of fused-ring (bicyclic) bond motifs is 6. The molecule has 1 aliphatic rings. The lowest BCUT2D eigenvalue weighted by Crippen LogP contribution is -2.50. The topological polar surface area (TPSA) is 38.7 Å². The maximum absolute atomic E-state index is 5.30. The minimum Gasteiger partial charge on any atom is -0.208 e. The largest absolute Gasteiger partial charge is 0.208 e. The van der Waals surface area contributed by atoms with Crippen LogP contribution in [0.1, 0.15) is 0 Å². The average molecular weight is 694 g/mol. The smallest absolute Gasteiger partial charge is 0.164 e. The molecule has 250 valence electrons. The number of benzene rings is 8. The van der Waals surface area contributed by atoms with Gasteiger partial charge in [-0.2, -0.15) is 0 Å². The van der Waals surface area contributed by atoms with Crippen LogP contribution >= 0.6 is 0 Å². The molecule has 4 heteroatoms. The molecule has 0 aliphatic carbocycles. The van der Waals surface area contributed by atoms with Gasteiger partial charge < -0.3 is 0 Å². The van der Waals surface area contributed by atoms with Gasteiger partial charge in [0, 0.05) is 16.7 Å². The summed E-state index contributed by atoms with van der Waals surface area (Å²) in [6.07, 6.45) is 0. The van der Waals surface area contributed by atoms with Gasteiger partial charge in [0.2, 0.25) is 0 Å². The fraction of sp³-hybridized carbons (Fsp3) is 0.0408. The molecule has 53 heavy (non-hydrogen) atoms. The first-order valence-electron chi connectivity index (χ1n) is 18.2. The molecule has 0 atom stereocenters. The number of hydrogen-bond acceptors (Lipinski definition) is 3. The minimum atomic E-state index is -2.18. The lowest BCUT2D eigenvalue weighted by atomic mass is 9.99. The molecule has 2 heterocycles. The van der Waals surface area contributed by atoms with Crippen molar-refractivity contribution in [3.63, 3.8) is 0 Å². The Morgan fingerprint density at radius 3 is 1.68 bits per heavy atom. The molecular formula is C49H35N3Si. The third-order valence-corrected chi connectivity index (χ3v) is 14.4. The van der Waals surface area contributed by atoms with E-state index in [9.17, 15) is 0 Å². The molecule has 0 spiro atoms. The van der Waals surface area contributed by atoms with Crippen molar-refractivity contribution in [2.75, 3.05) is 0 Å². The molecule has 0 amide bonds. The van der Waals surface area contributed by atoms with E-state index in [4.69, 9.17) is 15.0 Å². The average Bonchev–Trinajstić information content (AvgIpc) is 3.47. The van der Waals surface area contributed by atoms with Crippen molar-refractivity contribution in [1.82, 2.24) is 15.0 Å². The molecule has 0 unspecified atom stereocenters. The van der Waals surface area contributed by atoms with Crippen LogP contribution in [0.3, 0.4) is 0 Å². The molecule has 0 radical (unpaired) electrons. The summed E-state index contributed by atoms with van der Waals surface area (Å²) < 4.78 is 0. The Morgan fingerprint density at radius 2 is 0.849 bits per heavy atom. The fourth-order valence-electron chi connectivity index (χ4n) is 8.33. The molecule has 3 nitrogen and oxygen atoms in total. The maximum Gasteiger partial charge on any atom is 0.164 e. The second-order valence-electron chi connectivity index (χ2n) is 14.5. The van der Waals surface area contributed by atoms with Crippen LogP contribution in [0.4, 0.5) is 0 Å². The highest BCUT2D eigenvalue weighted by Crippen LogP contribution is 2.37. The minimum absolute atomic E-state index is 0.665. The summed E-state index contributed by atoms with van der Waals surface area (Å²) in [6, 6.07) is 62.8. The van der Waals surface area contributed by atoms with E-state index in [0.29, 0.717) is 17.5 Å². The van der Waals surface area contributed by atoms with Crippen LogP contribution < -0.4 is 10.4 Å². The predicted molar refractivity (Wildman–Crippen MR) is 224 cm³/mol. The number of aromatic nitrogens is 3. The second kappa shape index (κ2) is 12.3. The van der Waals surface area contributed by atoms with E-state index in [1.165, 1.54) is 48.6 Å². The molecule has 1 aliphatic heterocycles. The van der Waals surface area contributed by atoms with Crippen LogP contribution in [0.15, 0.2) is 176 Å². The standard InChI is InChI=1S/C49H35N3Si/c1-53(2)45-41-19-9-8-15-35(41)28-29-43(45)42-20-11-21-44(46(42)53)49-51-47(50-48(52-49)40-18-10-17-38(31-40)32-12-4-3-5-13-32)36-25-22-34(23-26-36)39-27-24-33-14-6-7-16-37(33)30-39/h3-31H,1-2H3. The Balaban J connectivity index is 1.14. The lowest BCUT2D eigenvalue weighted by molar-refractivity contribution is 1.08. The van der Waals surface area contributed by atoms with Crippen LogP contribution in [0, 0.1) is 0 Å². The molecule has 0 fully saturated rings. The second-order valence-corrected chi connectivity index (χ2v) is 18.7. The Hall–Kier alpha value is -6.49. The van der Waals surface area contributed by atoms with Gasteiger partial charge in [0.15, 0.2) is 17.5 Å². The first-order chi connectivity index (χ1) is 26.0. The van der Waals surface area contributed by atoms with E-state index in [-0.39, 0.29) is 0 Å². The zero-order chi connectivity index (χ0) is 35.5. The number of hydrogen-bond donors (Lipinski definition) is 0. The van der Waals surface area contributed by atoms with Crippen LogP contribution in [-0.4, -0.2) is 23.0 Å². The van der Waals surface area contributed by atoms with Crippen molar-refractivity contribution in [3.8, 4) is 67.5 Å². The Morgan fingerprint density at radius 1 is 0.321 bits per heavy atom. The molecule has 8 aromatic carbocycles.